The average Bonchev–Trinajstić information content (AvgIpc) is 3.57. The molecule has 0 aliphatic heterocycles. The molecule has 0 aliphatic rings. The number of nitrogens with two attached hydrogens (primary N) is 2. The third kappa shape index (κ3) is 5.04. The number of hydrogen-bond donors (Lipinski definition) is 4. The summed E-state index contributed by atoms with van der Waals surface area (Å²) in [4.78, 5) is 17.7. The molecule has 0 saturated carbocycles. The lowest BCUT2D eigenvalue weighted by Gasteiger charge is -2.12. The summed E-state index contributed by atoms with van der Waals surface area (Å²) in [6.07, 6.45) is 3.12. The molecular weight excluding hydrogens is 454 g/mol. The number of thiophene rings is 1. The van der Waals surface area contributed by atoms with Crippen LogP contribution in [-0.4, -0.2) is 16.9 Å². The molecule has 4 aromatic rings. The van der Waals surface area contributed by atoms with E-state index in [0.29, 0.717) is 22.4 Å². The van der Waals surface area contributed by atoms with E-state index >= 15 is 0 Å². The van der Waals surface area contributed by atoms with Gasteiger partial charge in [0.25, 0.3) is 5.91 Å². The average molecular weight is 474 g/mol. The van der Waals surface area contributed by atoms with Crippen LogP contribution in [0.5, 0.6) is 5.88 Å². The third-order valence-corrected chi connectivity index (χ3v) is 5.61. The van der Waals surface area contributed by atoms with Gasteiger partial charge >= 0.3 is 0 Å². The first-order chi connectivity index (χ1) is 16.6. The number of ether oxygens (including phenoxy) is 1. The van der Waals surface area contributed by atoms with E-state index in [2.05, 4.69) is 21.5 Å². The third-order valence-electron chi connectivity index (χ3n) is 4.72. The van der Waals surface area contributed by atoms with Crippen molar-refractivity contribution in [3.63, 3.8) is 0 Å². The molecule has 11 heteroatoms. The van der Waals surface area contributed by atoms with Crippen molar-refractivity contribution in [1.82, 2.24) is 15.8 Å². The molecule has 170 valence electrons. The minimum Gasteiger partial charge on any atom is -0.472 e. The van der Waals surface area contributed by atoms with Crippen molar-refractivity contribution in [2.24, 2.45) is 16.7 Å². The zero-order valence-electron chi connectivity index (χ0n) is 17.7. The zero-order valence-corrected chi connectivity index (χ0v) is 18.5. The van der Waals surface area contributed by atoms with E-state index in [9.17, 15) is 10.1 Å². The van der Waals surface area contributed by atoms with Crippen molar-refractivity contribution in [3.8, 4) is 33.6 Å². The van der Waals surface area contributed by atoms with Crippen LogP contribution in [0.2, 0.25) is 0 Å². The van der Waals surface area contributed by atoms with E-state index < -0.39 is 5.91 Å². The Morgan fingerprint density at radius 2 is 2.09 bits per heavy atom. The van der Waals surface area contributed by atoms with E-state index in [1.54, 1.807) is 42.9 Å². The van der Waals surface area contributed by atoms with Gasteiger partial charge in [-0.3, -0.25) is 10.1 Å². The largest absolute Gasteiger partial charge is 0.472 e. The van der Waals surface area contributed by atoms with Gasteiger partial charge in [0.15, 0.2) is 0 Å². The summed E-state index contributed by atoms with van der Waals surface area (Å²) >= 11 is 1.54. The normalized spacial score (nSPS) is 11.0. The second-order valence-corrected chi connectivity index (χ2v) is 7.85. The van der Waals surface area contributed by atoms with Gasteiger partial charge in [-0.05, 0) is 41.3 Å². The number of carbonyl (C=O) groups excluding carboxylic acids is 1. The van der Waals surface area contributed by atoms with Crippen LogP contribution in [0.15, 0.2) is 76.0 Å². The summed E-state index contributed by atoms with van der Waals surface area (Å²) in [5, 5.41) is 17.7. The number of aromatic nitrogens is 1. The SMILES string of the molecule is N#Cc1c(-c2ccoc2)cc(-c2cccs2)nc1OCc1ccc(C(=O)N/C(N)=N/NN)cc1. The Kier molecular flexibility index (Phi) is 6.83. The lowest BCUT2D eigenvalue weighted by Crippen LogP contribution is -2.39. The molecule has 6 N–H and O–H groups in total. The highest BCUT2D eigenvalue weighted by atomic mass is 32.1. The van der Waals surface area contributed by atoms with Crippen LogP contribution in [-0.2, 0) is 6.61 Å². The van der Waals surface area contributed by atoms with Crippen molar-refractivity contribution < 1.29 is 13.9 Å². The Morgan fingerprint density at radius 1 is 1.26 bits per heavy atom. The Labute approximate surface area is 198 Å². The Bertz CT molecular complexity index is 1340. The number of rotatable bonds is 7. The molecule has 1 amide bonds. The van der Waals surface area contributed by atoms with Crippen LogP contribution in [0.4, 0.5) is 0 Å². The number of hydrogen-bond acceptors (Lipinski definition) is 9. The maximum Gasteiger partial charge on any atom is 0.257 e. The summed E-state index contributed by atoms with van der Waals surface area (Å²) < 4.78 is 11.2. The fourth-order valence-electron chi connectivity index (χ4n) is 3.12. The van der Waals surface area contributed by atoms with Gasteiger partial charge in [-0.2, -0.15) is 5.26 Å². The number of furan rings is 1. The van der Waals surface area contributed by atoms with Crippen molar-refractivity contribution in [2.75, 3.05) is 0 Å². The van der Waals surface area contributed by atoms with Crippen molar-refractivity contribution in [1.29, 1.82) is 5.26 Å². The van der Waals surface area contributed by atoms with Crippen LogP contribution in [0.3, 0.4) is 0 Å². The smallest absolute Gasteiger partial charge is 0.257 e. The Hall–Kier alpha value is -4.66. The summed E-state index contributed by atoms with van der Waals surface area (Å²) in [6.45, 7) is 0.142. The number of pyridine rings is 1. The van der Waals surface area contributed by atoms with E-state index in [-0.39, 0.29) is 18.4 Å². The highest BCUT2D eigenvalue weighted by Crippen LogP contribution is 2.35. The van der Waals surface area contributed by atoms with E-state index in [0.717, 1.165) is 16.0 Å². The van der Waals surface area contributed by atoms with Crippen molar-refractivity contribution in [3.05, 3.63) is 83.1 Å². The Balaban J connectivity index is 1.57. The summed E-state index contributed by atoms with van der Waals surface area (Å²) in [5.41, 5.74) is 11.1. The lowest BCUT2D eigenvalue weighted by atomic mass is 10.0. The molecule has 0 spiro atoms. The van der Waals surface area contributed by atoms with Gasteiger partial charge < -0.3 is 14.9 Å². The number of nitrogens with zero attached hydrogens (tertiary/aromatic N) is 3. The van der Waals surface area contributed by atoms with Gasteiger partial charge in [0.05, 0.1) is 23.1 Å². The van der Waals surface area contributed by atoms with Crippen LogP contribution in [0, 0.1) is 11.3 Å². The molecule has 3 heterocycles. The second-order valence-electron chi connectivity index (χ2n) is 6.90. The highest BCUT2D eigenvalue weighted by Gasteiger charge is 2.18. The van der Waals surface area contributed by atoms with Crippen molar-refractivity contribution in [2.45, 2.75) is 6.61 Å². The standard InChI is InChI=1S/C23H19N7O3S/c24-11-18-17(16-7-8-32-13-16)10-19(20-2-1-9-34-20)27-22(18)33-12-14-3-5-15(6-4-14)21(31)28-23(25)29-30-26/h1-10,13,30H,12,26H2,(H3,25,28,29,31). The fourth-order valence-corrected chi connectivity index (χ4v) is 3.81. The summed E-state index contributed by atoms with van der Waals surface area (Å²) in [6, 6.07) is 16.4. The van der Waals surface area contributed by atoms with Crippen molar-refractivity contribution >= 4 is 23.2 Å². The van der Waals surface area contributed by atoms with E-state index in [4.69, 9.17) is 20.7 Å². The van der Waals surface area contributed by atoms with Gasteiger partial charge in [0.1, 0.15) is 18.2 Å². The number of hydrazine groups is 1. The monoisotopic (exact) mass is 473 g/mol. The molecule has 0 fully saturated rings. The molecule has 3 aromatic heterocycles. The Morgan fingerprint density at radius 3 is 2.74 bits per heavy atom. The number of nitrogens with one attached hydrogen (secondary N) is 2. The van der Waals surface area contributed by atoms with Gasteiger partial charge in [0, 0.05) is 16.7 Å². The van der Waals surface area contributed by atoms with Crippen LogP contribution in [0.1, 0.15) is 21.5 Å². The number of amides is 1. The number of nitriles is 1. The molecule has 10 nitrogen and oxygen atoms in total. The van der Waals surface area contributed by atoms with Crippen LogP contribution in [0.25, 0.3) is 21.7 Å². The molecule has 0 saturated heterocycles. The number of guanidine groups is 1. The minimum absolute atomic E-state index is 0.142. The molecule has 1 aromatic carbocycles. The highest BCUT2D eigenvalue weighted by molar-refractivity contribution is 7.13. The van der Waals surface area contributed by atoms with Gasteiger partial charge in [0.2, 0.25) is 11.8 Å². The molecule has 0 bridgehead atoms. The first kappa shape index (κ1) is 22.5. The molecule has 0 radical (unpaired) electrons. The zero-order chi connectivity index (χ0) is 23.9. The van der Waals surface area contributed by atoms with Gasteiger partial charge in [-0.15, -0.1) is 16.4 Å². The van der Waals surface area contributed by atoms with Gasteiger partial charge in [-0.25, -0.2) is 16.4 Å². The van der Waals surface area contributed by atoms with Gasteiger partial charge in [-0.1, -0.05) is 18.2 Å². The summed E-state index contributed by atoms with van der Waals surface area (Å²) in [7, 11) is 0. The molecule has 0 aliphatic carbocycles. The molecule has 34 heavy (non-hydrogen) atoms. The first-order valence-electron chi connectivity index (χ1n) is 9.92. The maximum atomic E-state index is 12.2. The van der Waals surface area contributed by atoms with Crippen LogP contribution < -0.4 is 27.2 Å². The topological polar surface area (TPSA) is 165 Å². The molecule has 0 atom stereocenters. The minimum atomic E-state index is -0.439. The molecule has 4 rings (SSSR count). The van der Waals surface area contributed by atoms with E-state index in [1.807, 2.05) is 29.1 Å². The second kappa shape index (κ2) is 10.3. The predicted octanol–water partition coefficient (Wildman–Crippen LogP) is 2.94. The lowest BCUT2D eigenvalue weighted by molar-refractivity contribution is 0.0976. The maximum absolute atomic E-state index is 12.2. The number of hydrazone groups is 1. The molecular formula is C23H19N7O3S. The number of benzene rings is 1. The van der Waals surface area contributed by atoms with E-state index in [1.165, 1.54) is 11.3 Å². The fraction of sp³-hybridized carbons (Fsp3) is 0.0435. The molecule has 0 unspecified atom stereocenters. The quantitative estimate of drug-likeness (QED) is 0.138. The first-order valence-corrected chi connectivity index (χ1v) is 10.8. The summed E-state index contributed by atoms with van der Waals surface area (Å²) in [5.74, 6) is 4.64. The number of carbonyl (C=O) groups is 1. The van der Waals surface area contributed by atoms with Crippen LogP contribution >= 0.6 is 11.3 Å². The predicted molar refractivity (Wildman–Crippen MR) is 127 cm³/mol.